The van der Waals surface area contributed by atoms with Crippen molar-refractivity contribution in [2.75, 3.05) is 6.54 Å². The highest BCUT2D eigenvalue weighted by molar-refractivity contribution is 6.36. The van der Waals surface area contributed by atoms with E-state index in [9.17, 15) is 0 Å². The molecule has 0 amide bonds. The first-order valence-electron chi connectivity index (χ1n) is 5.56. The van der Waals surface area contributed by atoms with E-state index in [2.05, 4.69) is 12.2 Å². The molecule has 2 aromatic rings. The summed E-state index contributed by atoms with van der Waals surface area (Å²) in [5.41, 5.74) is 0.874. The zero-order valence-electron chi connectivity index (χ0n) is 9.54. The first-order valence-corrected chi connectivity index (χ1v) is 6.32. The Morgan fingerprint density at radius 3 is 2.71 bits per heavy atom. The molecule has 0 saturated carbocycles. The Labute approximate surface area is 111 Å². The first-order chi connectivity index (χ1) is 8.20. The molecule has 1 heterocycles. The van der Waals surface area contributed by atoms with E-state index in [4.69, 9.17) is 27.6 Å². The molecule has 0 radical (unpaired) electrons. The normalized spacial score (nSPS) is 10.8. The summed E-state index contributed by atoms with van der Waals surface area (Å²) in [6.45, 7) is 4.00. The summed E-state index contributed by atoms with van der Waals surface area (Å²) in [6, 6.07) is 9.32. The van der Waals surface area contributed by atoms with Crippen molar-refractivity contribution in [1.82, 2.24) is 0 Å². The fraction of sp³-hybridized carbons (Fsp3) is 0.231. The van der Waals surface area contributed by atoms with Crippen LogP contribution in [0.2, 0.25) is 10.0 Å². The summed E-state index contributed by atoms with van der Waals surface area (Å²) in [6.07, 6.45) is 0. The van der Waals surface area contributed by atoms with Crippen LogP contribution in [0.4, 0.5) is 0 Å². The Balaban J connectivity index is 2.24. The maximum atomic E-state index is 6.13. The highest BCUT2D eigenvalue weighted by Gasteiger charge is 2.09. The molecule has 2 nitrogen and oxygen atoms in total. The second kappa shape index (κ2) is 5.58. The number of halogens is 2. The smallest absolute Gasteiger partial charge is 0.158 e. The quantitative estimate of drug-likeness (QED) is 0.908. The lowest BCUT2D eigenvalue weighted by Crippen LogP contribution is -2.81. The fourth-order valence-electron chi connectivity index (χ4n) is 1.61. The summed E-state index contributed by atoms with van der Waals surface area (Å²) < 4.78 is 5.73. The van der Waals surface area contributed by atoms with Crippen molar-refractivity contribution in [1.29, 1.82) is 0 Å². The Kier molecular flexibility index (Phi) is 4.11. The van der Waals surface area contributed by atoms with Gasteiger partial charge >= 0.3 is 0 Å². The van der Waals surface area contributed by atoms with Crippen LogP contribution >= 0.6 is 23.2 Å². The zero-order valence-corrected chi connectivity index (χ0v) is 11.1. The van der Waals surface area contributed by atoms with E-state index in [0.717, 1.165) is 30.2 Å². The summed E-state index contributed by atoms with van der Waals surface area (Å²) >= 11 is 12.0. The Hall–Kier alpha value is -0.960. The number of nitrogens with two attached hydrogens (primary N) is 1. The van der Waals surface area contributed by atoms with Crippen LogP contribution in [0.25, 0.3) is 11.3 Å². The second-order valence-corrected chi connectivity index (χ2v) is 4.63. The van der Waals surface area contributed by atoms with Gasteiger partial charge in [0.1, 0.15) is 12.3 Å². The van der Waals surface area contributed by atoms with Crippen molar-refractivity contribution < 1.29 is 9.73 Å². The average Bonchev–Trinajstić information content (AvgIpc) is 2.75. The summed E-state index contributed by atoms with van der Waals surface area (Å²) in [4.78, 5) is 0. The van der Waals surface area contributed by atoms with Crippen molar-refractivity contribution in [2.45, 2.75) is 13.5 Å². The highest BCUT2D eigenvalue weighted by Crippen LogP contribution is 2.31. The monoisotopic (exact) mass is 270 g/mol. The van der Waals surface area contributed by atoms with Gasteiger partial charge in [-0.2, -0.15) is 0 Å². The van der Waals surface area contributed by atoms with Crippen molar-refractivity contribution >= 4 is 23.2 Å². The molecule has 0 atom stereocenters. The van der Waals surface area contributed by atoms with E-state index in [1.807, 2.05) is 24.3 Å². The van der Waals surface area contributed by atoms with Gasteiger partial charge in [-0.1, -0.05) is 23.2 Å². The molecule has 0 spiro atoms. The van der Waals surface area contributed by atoms with E-state index in [1.165, 1.54) is 0 Å². The highest BCUT2D eigenvalue weighted by atomic mass is 35.5. The van der Waals surface area contributed by atoms with Gasteiger partial charge in [-0.15, -0.1) is 0 Å². The Morgan fingerprint density at radius 2 is 2.00 bits per heavy atom. The van der Waals surface area contributed by atoms with E-state index in [0.29, 0.717) is 10.0 Å². The standard InChI is InChI=1S/C13H13Cl2NO/c1-2-16-8-10-4-6-13(17-10)11-5-3-9(14)7-12(11)15/h3-7,16H,2,8H2,1H3/p+1. The van der Waals surface area contributed by atoms with Crippen molar-refractivity contribution in [3.05, 3.63) is 46.1 Å². The van der Waals surface area contributed by atoms with Gasteiger partial charge in [0, 0.05) is 10.6 Å². The third kappa shape index (κ3) is 3.03. The molecule has 2 rings (SSSR count). The maximum Gasteiger partial charge on any atom is 0.158 e. The van der Waals surface area contributed by atoms with Crippen LogP contribution < -0.4 is 5.32 Å². The van der Waals surface area contributed by atoms with Gasteiger partial charge < -0.3 is 9.73 Å². The number of rotatable bonds is 4. The number of hydrogen-bond donors (Lipinski definition) is 1. The minimum absolute atomic E-state index is 0.609. The van der Waals surface area contributed by atoms with Crippen molar-refractivity contribution in [3.63, 3.8) is 0 Å². The van der Waals surface area contributed by atoms with Gasteiger partial charge in [-0.05, 0) is 37.3 Å². The number of hydrogen-bond acceptors (Lipinski definition) is 1. The molecule has 0 saturated heterocycles. The Morgan fingerprint density at radius 1 is 1.18 bits per heavy atom. The molecule has 0 aliphatic heterocycles. The third-order valence-electron chi connectivity index (χ3n) is 2.49. The van der Waals surface area contributed by atoms with Gasteiger partial charge in [0.15, 0.2) is 5.76 Å². The molecular formula is C13H14Cl2NO+. The fourth-order valence-corrected chi connectivity index (χ4v) is 2.11. The van der Waals surface area contributed by atoms with Crippen LogP contribution in [-0.2, 0) is 6.54 Å². The van der Waals surface area contributed by atoms with E-state index in [1.54, 1.807) is 6.07 Å². The first kappa shape index (κ1) is 12.5. The van der Waals surface area contributed by atoms with Gasteiger partial charge in [-0.25, -0.2) is 0 Å². The molecule has 4 heteroatoms. The molecule has 0 aliphatic carbocycles. The summed E-state index contributed by atoms with van der Waals surface area (Å²) in [5.74, 6) is 1.74. The van der Waals surface area contributed by atoms with E-state index < -0.39 is 0 Å². The largest absolute Gasteiger partial charge is 0.455 e. The molecule has 17 heavy (non-hydrogen) atoms. The van der Waals surface area contributed by atoms with Gasteiger partial charge in [0.25, 0.3) is 0 Å². The number of quaternary nitrogens is 1. The molecule has 2 N–H and O–H groups in total. The topological polar surface area (TPSA) is 29.8 Å². The van der Waals surface area contributed by atoms with Gasteiger partial charge in [0.05, 0.1) is 11.6 Å². The van der Waals surface area contributed by atoms with Crippen LogP contribution in [0.3, 0.4) is 0 Å². The van der Waals surface area contributed by atoms with Crippen LogP contribution in [0.1, 0.15) is 12.7 Å². The molecule has 0 bridgehead atoms. The predicted molar refractivity (Wildman–Crippen MR) is 70.3 cm³/mol. The summed E-state index contributed by atoms with van der Waals surface area (Å²) in [7, 11) is 0. The lowest BCUT2D eigenvalue weighted by molar-refractivity contribution is -0.669. The molecule has 1 aromatic heterocycles. The lowest BCUT2D eigenvalue weighted by atomic mass is 10.2. The molecule has 0 fully saturated rings. The maximum absolute atomic E-state index is 6.13. The van der Waals surface area contributed by atoms with Gasteiger partial charge in [-0.3, -0.25) is 0 Å². The molecule has 0 aliphatic rings. The second-order valence-electron chi connectivity index (χ2n) is 3.79. The lowest BCUT2D eigenvalue weighted by Gasteiger charge is -2.01. The number of benzene rings is 1. The Bertz CT molecular complexity index is 508. The molecule has 0 unspecified atom stereocenters. The van der Waals surface area contributed by atoms with Crippen LogP contribution in [0.15, 0.2) is 34.7 Å². The van der Waals surface area contributed by atoms with E-state index in [-0.39, 0.29) is 0 Å². The minimum atomic E-state index is 0.609. The zero-order chi connectivity index (χ0) is 12.3. The summed E-state index contributed by atoms with van der Waals surface area (Å²) in [5, 5.41) is 3.41. The molecular weight excluding hydrogens is 257 g/mol. The number of furan rings is 1. The SMILES string of the molecule is CC[NH2+]Cc1ccc(-c2ccc(Cl)cc2Cl)o1. The van der Waals surface area contributed by atoms with Gasteiger partial charge in [0.2, 0.25) is 0 Å². The van der Waals surface area contributed by atoms with Crippen LogP contribution in [0.5, 0.6) is 0 Å². The van der Waals surface area contributed by atoms with Crippen LogP contribution in [0, 0.1) is 0 Å². The predicted octanol–water partition coefficient (Wildman–Crippen LogP) is 3.34. The van der Waals surface area contributed by atoms with Crippen molar-refractivity contribution in [2.24, 2.45) is 0 Å². The third-order valence-corrected chi connectivity index (χ3v) is 3.04. The van der Waals surface area contributed by atoms with E-state index >= 15 is 0 Å². The van der Waals surface area contributed by atoms with Crippen LogP contribution in [-0.4, -0.2) is 6.54 Å². The minimum Gasteiger partial charge on any atom is -0.455 e. The van der Waals surface area contributed by atoms with Crippen molar-refractivity contribution in [3.8, 4) is 11.3 Å². The molecule has 1 aromatic carbocycles. The molecule has 90 valence electrons. The average molecular weight is 271 g/mol.